The molecule has 0 amide bonds. The van der Waals surface area contributed by atoms with E-state index < -0.39 is 0 Å². The molecule has 1 heterocycles. The Kier molecular flexibility index (Phi) is 4.34. The quantitative estimate of drug-likeness (QED) is 0.893. The fourth-order valence-corrected chi connectivity index (χ4v) is 2.19. The molecule has 0 aliphatic heterocycles. The van der Waals surface area contributed by atoms with Gasteiger partial charge < -0.3 is 5.32 Å². The summed E-state index contributed by atoms with van der Waals surface area (Å²) in [6.07, 6.45) is 3.63. The number of nitrogens with one attached hydrogen (secondary N) is 1. The van der Waals surface area contributed by atoms with E-state index in [1.807, 2.05) is 42.7 Å². The molecule has 2 rings (SSSR count). The number of rotatable bonds is 4. The predicted molar refractivity (Wildman–Crippen MR) is 75.7 cm³/mol. The fraction of sp³-hybridized carbons (Fsp3) is 0.267. The summed E-state index contributed by atoms with van der Waals surface area (Å²) < 4.78 is 0. The van der Waals surface area contributed by atoms with Gasteiger partial charge in [-0.15, -0.1) is 0 Å². The maximum Gasteiger partial charge on any atom is 0.0409 e. The van der Waals surface area contributed by atoms with Gasteiger partial charge in [-0.05, 0) is 49.2 Å². The normalized spacial score (nSPS) is 14.2. The van der Waals surface area contributed by atoms with Gasteiger partial charge in [0.2, 0.25) is 0 Å². The van der Waals surface area contributed by atoms with Gasteiger partial charge in [0.1, 0.15) is 0 Å². The summed E-state index contributed by atoms with van der Waals surface area (Å²) in [6.45, 7) is 4.29. The molecule has 18 heavy (non-hydrogen) atoms. The van der Waals surface area contributed by atoms with E-state index in [0.717, 1.165) is 5.02 Å². The summed E-state index contributed by atoms with van der Waals surface area (Å²) in [6, 6.07) is 12.6. The molecule has 0 aliphatic rings. The molecule has 0 spiro atoms. The number of hydrogen-bond donors (Lipinski definition) is 1. The lowest BCUT2D eigenvalue weighted by Crippen LogP contribution is -2.22. The molecule has 1 N–H and O–H groups in total. The Morgan fingerprint density at radius 1 is 1.00 bits per heavy atom. The Morgan fingerprint density at radius 2 is 1.67 bits per heavy atom. The third-order valence-corrected chi connectivity index (χ3v) is 3.29. The lowest BCUT2D eigenvalue weighted by molar-refractivity contribution is 0.494. The van der Waals surface area contributed by atoms with Crippen molar-refractivity contribution in [2.24, 2.45) is 0 Å². The molecule has 0 saturated heterocycles. The maximum atomic E-state index is 6.01. The highest BCUT2D eigenvalue weighted by atomic mass is 35.5. The molecule has 2 nitrogen and oxygen atoms in total. The molecule has 94 valence electrons. The molecular formula is C15H17ClN2. The van der Waals surface area contributed by atoms with E-state index in [1.54, 1.807) is 0 Å². The molecule has 3 heteroatoms. The van der Waals surface area contributed by atoms with Crippen molar-refractivity contribution in [3.05, 3.63) is 64.9 Å². The Bertz CT molecular complexity index is 499. The van der Waals surface area contributed by atoms with Crippen molar-refractivity contribution in [1.82, 2.24) is 10.3 Å². The summed E-state index contributed by atoms with van der Waals surface area (Å²) in [5.74, 6) is 0. The van der Waals surface area contributed by atoms with Crippen LogP contribution in [-0.4, -0.2) is 4.98 Å². The molecule has 0 saturated carbocycles. The fourth-order valence-electron chi connectivity index (χ4n) is 2.00. The number of aromatic nitrogens is 1. The minimum atomic E-state index is 0.256. The minimum Gasteiger partial charge on any atom is -0.304 e. The van der Waals surface area contributed by atoms with Crippen molar-refractivity contribution in [1.29, 1.82) is 0 Å². The van der Waals surface area contributed by atoms with Crippen molar-refractivity contribution in [2.75, 3.05) is 0 Å². The van der Waals surface area contributed by atoms with Crippen LogP contribution in [0.4, 0.5) is 0 Å². The van der Waals surface area contributed by atoms with Gasteiger partial charge in [0.15, 0.2) is 0 Å². The lowest BCUT2D eigenvalue weighted by Gasteiger charge is -2.20. The molecule has 2 aromatic rings. The molecule has 1 aromatic carbocycles. The van der Waals surface area contributed by atoms with Crippen LogP contribution in [0.5, 0.6) is 0 Å². The van der Waals surface area contributed by atoms with Crippen molar-refractivity contribution in [3.63, 3.8) is 0 Å². The van der Waals surface area contributed by atoms with Crippen molar-refractivity contribution >= 4 is 11.6 Å². The van der Waals surface area contributed by atoms with E-state index in [0.29, 0.717) is 0 Å². The van der Waals surface area contributed by atoms with E-state index in [-0.39, 0.29) is 12.1 Å². The van der Waals surface area contributed by atoms with E-state index in [4.69, 9.17) is 11.6 Å². The second-order valence-corrected chi connectivity index (χ2v) is 4.88. The largest absolute Gasteiger partial charge is 0.304 e. The van der Waals surface area contributed by atoms with Gasteiger partial charge >= 0.3 is 0 Å². The smallest absolute Gasteiger partial charge is 0.0409 e. The summed E-state index contributed by atoms with van der Waals surface area (Å²) in [5.41, 5.74) is 2.43. The standard InChI is InChI=1S/C15H17ClN2/c1-11(13-6-8-17-9-7-13)18-12(2)14-4-3-5-15(16)10-14/h3-12,18H,1-2H3/t11?,12-/m0/s1. The van der Waals surface area contributed by atoms with E-state index in [9.17, 15) is 0 Å². The van der Waals surface area contributed by atoms with Gasteiger partial charge in [-0.1, -0.05) is 23.7 Å². The Labute approximate surface area is 113 Å². The highest BCUT2D eigenvalue weighted by molar-refractivity contribution is 6.30. The average molecular weight is 261 g/mol. The Hall–Kier alpha value is -1.38. The predicted octanol–water partition coefficient (Wildman–Crippen LogP) is 4.15. The summed E-state index contributed by atoms with van der Waals surface area (Å²) in [4.78, 5) is 4.03. The van der Waals surface area contributed by atoms with Crippen molar-refractivity contribution < 1.29 is 0 Å². The van der Waals surface area contributed by atoms with Crippen LogP contribution in [0, 0.1) is 0 Å². The first-order chi connectivity index (χ1) is 8.66. The zero-order chi connectivity index (χ0) is 13.0. The Morgan fingerprint density at radius 3 is 2.33 bits per heavy atom. The summed E-state index contributed by atoms with van der Waals surface area (Å²) in [5, 5.41) is 4.33. The molecule has 2 atom stereocenters. The van der Waals surface area contributed by atoms with Crippen LogP contribution in [0.3, 0.4) is 0 Å². The van der Waals surface area contributed by atoms with Crippen LogP contribution in [-0.2, 0) is 0 Å². The molecule has 0 radical (unpaired) electrons. The monoisotopic (exact) mass is 260 g/mol. The number of nitrogens with zero attached hydrogens (tertiary/aromatic N) is 1. The number of pyridine rings is 1. The van der Waals surface area contributed by atoms with Gasteiger partial charge in [0.25, 0.3) is 0 Å². The third kappa shape index (κ3) is 3.31. The van der Waals surface area contributed by atoms with Gasteiger partial charge in [-0.25, -0.2) is 0 Å². The molecule has 0 fully saturated rings. The summed E-state index contributed by atoms with van der Waals surface area (Å²) >= 11 is 6.01. The van der Waals surface area contributed by atoms with Gasteiger partial charge in [-0.2, -0.15) is 0 Å². The molecule has 1 unspecified atom stereocenters. The zero-order valence-corrected chi connectivity index (χ0v) is 11.4. The van der Waals surface area contributed by atoms with E-state index >= 15 is 0 Å². The SMILES string of the molecule is CC(N[C@@H](C)c1cccc(Cl)c1)c1ccncc1. The average Bonchev–Trinajstić information content (AvgIpc) is 2.39. The number of benzene rings is 1. The molecule has 0 bridgehead atoms. The van der Waals surface area contributed by atoms with E-state index in [1.165, 1.54) is 11.1 Å². The first kappa shape index (κ1) is 13.1. The zero-order valence-electron chi connectivity index (χ0n) is 10.6. The van der Waals surface area contributed by atoms with Gasteiger partial charge in [-0.3, -0.25) is 4.98 Å². The first-order valence-electron chi connectivity index (χ1n) is 6.08. The topological polar surface area (TPSA) is 24.9 Å². The van der Waals surface area contributed by atoms with Crippen LogP contribution < -0.4 is 5.32 Å². The van der Waals surface area contributed by atoms with Crippen LogP contribution in [0.1, 0.15) is 37.1 Å². The molecule has 0 aliphatic carbocycles. The summed E-state index contributed by atoms with van der Waals surface area (Å²) in [7, 11) is 0. The minimum absolute atomic E-state index is 0.256. The molecule has 1 aromatic heterocycles. The van der Waals surface area contributed by atoms with Crippen molar-refractivity contribution in [2.45, 2.75) is 25.9 Å². The lowest BCUT2D eigenvalue weighted by atomic mass is 10.1. The highest BCUT2D eigenvalue weighted by Crippen LogP contribution is 2.21. The van der Waals surface area contributed by atoms with Crippen LogP contribution >= 0.6 is 11.6 Å². The molecular weight excluding hydrogens is 244 g/mol. The maximum absolute atomic E-state index is 6.01. The van der Waals surface area contributed by atoms with Crippen LogP contribution in [0.15, 0.2) is 48.8 Å². The Balaban J connectivity index is 2.05. The highest BCUT2D eigenvalue weighted by Gasteiger charge is 2.10. The third-order valence-electron chi connectivity index (χ3n) is 3.05. The van der Waals surface area contributed by atoms with Gasteiger partial charge in [0.05, 0.1) is 0 Å². The number of halogens is 1. The second kappa shape index (κ2) is 5.98. The van der Waals surface area contributed by atoms with Gasteiger partial charge in [0, 0.05) is 29.5 Å². The second-order valence-electron chi connectivity index (χ2n) is 4.45. The van der Waals surface area contributed by atoms with E-state index in [2.05, 4.69) is 30.2 Å². The first-order valence-corrected chi connectivity index (χ1v) is 6.46. The number of hydrogen-bond acceptors (Lipinski definition) is 2. The van der Waals surface area contributed by atoms with Crippen LogP contribution in [0.2, 0.25) is 5.02 Å². The van der Waals surface area contributed by atoms with Crippen molar-refractivity contribution in [3.8, 4) is 0 Å². The van der Waals surface area contributed by atoms with Crippen LogP contribution in [0.25, 0.3) is 0 Å².